The van der Waals surface area contributed by atoms with Crippen LogP contribution in [0, 0.1) is 0 Å². The van der Waals surface area contributed by atoms with Crippen LogP contribution in [0.4, 0.5) is 0 Å². The third kappa shape index (κ3) is 3.57. The number of carboxylic acids is 1. The van der Waals surface area contributed by atoms with Crippen LogP contribution in [0.15, 0.2) is 61.7 Å². The Balaban J connectivity index is 0.000000186. The molecule has 3 rings (SSSR count). The lowest BCUT2D eigenvalue weighted by Crippen LogP contribution is -1.95. The Morgan fingerprint density at radius 3 is 2.26 bits per heavy atom. The largest absolute Gasteiger partial charge is 0.478 e. The standard InChI is InChI=1S/C10H7NO2.C4H4O2/c12-10(13)8-2-1-7-3-4-11-6-9(7)5-8;1-2-6-4-3-5-1/h1-6H,(H,12,13);1-4H. The smallest absolute Gasteiger partial charge is 0.335 e. The van der Waals surface area contributed by atoms with Gasteiger partial charge in [0.15, 0.2) is 0 Å². The first kappa shape index (κ1) is 12.6. The summed E-state index contributed by atoms with van der Waals surface area (Å²) >= 11 is 0. The first-order valence-corrected chi connectivity index (χ1v) is 5.45. The van der Waals surface area contributed by atoms with Crippen LogP contribution in [-0.4, -0.2) is 16.1 Å². The van der Waals surface area contributed by atoms with Gasteiger partial charge in [0.1, 0.15) is 25.0 Å². The molecule has 0 atom stereocenters. The van der Waals surface area contributed by atoms with E-state index in [1.54, 1.807) is 30.6 Å². The summed E-state index contributed by atoms with van der Waals surface area (Å²) in [6.45, 7) is 0. The molecule has 0 fully saturated rings. The van der Waals surface area contributed by atoms with Gasteiger partial charge in [0.05, 0.1) is 5.56 Å². The zero-order valence-corrected chi connectivity index (χ0v) is 9.89. The molecule has 5 nitrogen and oxygen atoms in total. The molecule has 0 saturated carbocycles. The molecule has 0 spiro atoms. The van der Waals surface area contributed by atoms with E-state index in [0.717, 1.165) is 10.8 Å². The van der Waals surface area contributed by atoms with Crippen molar-refractivity contribution in [1.82, 2.24) is 4.98 Å². The first-order chi connectivity index (χ1) is 9.27. The fraction of sp³-hybridized carbons (Fsp3) is 0. The highest BCUT2D eigenvalue weighted by Gasteiger charge is 2.02. The molecule has 1 N–H and O–H groups in total. The van der Waals surface area contributed by atoms with Gasteiger partial charge in [0, 0.05) is 17.8 Å². The molecule has 1 aromatic heterocycles. The Morgan fingerprint density at radius 1 is 1.00 bits per heavy atom. The zero-order valence-electron chi connectivity index (χ0n) is 9.89. The number of hydrogen-bond donors (Lipinski definition) is 1. The SMILES string of the molecule is C1=COC=CO1.O=C(O)c1ccc2ccncc2c1. The average Bonchev–Trinajstić information content (AvgIpc) is 2.49. The molecule has 0 aliphatic carbocycles. The number of aromatic nitrogens is 1. The highest BCUT2D eigenvalue weighted by Crippen LogP contribution is 2.14. The van der Waals surface area contributed by atoms with Crippen molar-refractivity contribution in [2.24, 2.45) is 0 Å². The summed E-state index contributed by atoms with van der Waals surface area (Å²) in [6, 6.07) is 6.83. The monoisotopic (exact) mass is 257 g/mol. The lowest BCUT2D eigenvalue weighted by Gasteiger charge is -1.97. The van der Waals surface area contributed by atoms with E-state index >= 15 is 0 Å². The van der Waals surface area contributed by atoms with Crippen molar-refractivity contribution >= 4 is 16.7 Å². The van der Waals surface area contributed by atoms with Crippen LogP contribution in [0.1, 0.15) is 10.4 Å². The van der Waals surface area contributed by atoms with Gasteiger partial charge in [0.2, 0.25) is 0 Å². The minimum Gasteiger partial charge on any atom is -0.478 e. The van der Waals surface area contributed by atoms with Gasteiger partial charge in [-0.15, -0.1) is 0 Å². The minimum absolute atomic E-state index is 0.292. The molecule has 5 heteroatoms. The van der Waals surface area contributed by atoms with Crippen molar-refractivity contribution in [1.29, 1.82) is 0 Å². The maximum Gasteiger partial charge on any atom is 0.335 e. The van der Waals surface area contributed by atoms with Gasteiger partial charge >= 0.3 is 5.97 Å². The number of aromatic carboxylic acids is 1. The highest BCUT2D eigenvalue weighted by molar-refractivity contribution is 5.93. The number of carboxylic acid groups (broad SMARTS) is 1. The topological polar surface area (TPSA) is 68.7 Å². The zero-order chi connectivity index (χ0) is 13.5. The normalized spacial score (nSPS) is 12.0. The van der Waals surface area contributed by atoms with Crippen molar-refractivity contribution in [3.8, 4) is 0 Å². The fourth-order valence-electron chi connectivity index (χ4n) is 1.44. The predicted octanol–water partition coefficient (Wildman–Crippen LogP) is 2.91. The van der Waals surface area contributed by atoms with Gasteiger partial charge in [-0.05, 0) is 23.6 Å². The predicted molar refractivity (Wildman–Crippen MR) is 69.2 cm³/mol. The lowest BCUT2D eigenvalue weighted by molar-refractivity contribution is 0.0697. The maximum absolute atomic E-state index is 10.6. The Hall–Kier alpha value is -2.82. The Labute approximate surface area is 109 Å². The molecule has 2 aromatic rings. The Bertz CT molecular complexity index is 614. The Morgan fingerprint density at radius 2 is 1.68 bits per heavy atom. The van der Waals surface area contributed by atoms with E-state index in [2.05, 4.69) is 14.5 Å². The first-order valence-electron chi connectivity index (χ1n) is 5.45. The number of carbonyl (C=O) groups is 1. The molecule has 0 unspecified atom stereocenters. The molecule has 1 aliphatic rings. The molecular weight excluding hydrogens is 246 g/mol. The third-order valence-electron chi connectivity index (χ3n) is 2.31. The Kier molecular flexibility index (Phi) is 4.12. The maximum atomic E-state index is 10.6. The van der Waals surface area contributed by atoms with Crippen LogP contribution in [0.5, 0.6) is 0 Å². The van der Waals surface area contributed by atoms with Crippen molar-refractivity contribution in [2.75, 3.05) is 0 Å². The van der Waals surface area contributed by atoms with Crippen molar-refractivity contribution < 1.29 is 19.4 Å². The number of fused-ring (bicyclic) bond motifs is 1. The van der Waals surface area contributed by atoms with E-state index in [9.17, 15) is 4.79 Å². The molecule has 0 bridgehead atoms. The highest BCUT2D eigenvalue weighted by atomic mass is 16.5. The molecule has 0 amide bonds. The van der Waals surface area contributed by atoms with Gasteiger partial charge < -0.3 is 14.6 Å². The van der Waals surface area contributed by atoms with Crippen LogP contribution in [-0.2, 0) is 9.47 Å². The van der Waals surface area contributed by atoms with E-state index in [0.29, 0.717) is 5.56 Å². The quantitative estimate of drug-likeness (QED) is 0.850. The van der Waals surface area contributed by atoms with Gasteiger partial charge in [-0.25, -0.2) is 4.79 Å². The molecule has 19 heavy (non-hydrogen) atoms. The summed E-state index contributed by atoms with van der Waals surface area (Å²) in [6.07, 6.45) is 9.17. The molecular formula is C14H11NO4. The number of benzene rings is 1. The minimum atomic E-state index is -0.911. The summed E-state index contributed by atoms with van der Waals surface area (Å²) in [5, 5.41) is 10.6. The number of rotatable bonds is 1. The number of nitrogens with zero attached hydrogens (tertiary/aromatic N) is 1. The summed E-state index contributed by atoms with van der Waals surface area (Å²) in [5.41, 5.74) is 0.292. The van der Waals surface area contributed by atoms with Crippen molar-refractivity contribution in [3.63, 3.8) is 0 Å². The van der Waals surface area contributed by atoms with Gasteiger partial charge in [0.25, 0.3) is 0 Å². The number of ether oxygens (including phenoxy) is 2. The lowest BCUT2D eigenvalue weighted by atomic mass is 10.1. The van der Waals surface area contributed by atoms with E-state index < -0.39 is 5.97 Å². The van der Waals surface area contributed by atoms with Crippen molar-refractivity contribution in [3.05, 3.63) is 67.3 Å². The second kappa shape index (κ2) is 6.20. The van der Waals surface area contributed by atoms with Gasteiger partial charge in [-0.1, -0.05) is 6.07 Å². The molecule has 2 heterocycles. The molecule has 0 saturated heterocycles. The summed E-state index contributed by atoms with van der Waals surface area (Å²) in [4.78, 5) is 14.5. The van der Waals surface area contributed by atoms with E-state index in [1.165, 1.54) is 25.0 Å². The van der Waals surface area contributed by atoms with Crippen LogP contribution >= 0.6 is 0 Å². The third-order valence-corrected chi connectivity index (χ3v) is 2.31. The second-order valence-electron chi connectivity index (χ2n) is 3.56. The van der Waals surface area contributed by atoms with E-state index in [-0.39, 0.29) is 0 Å². The molecule has 96 valence electrons. The van der Waals surface area contributed by atoms with Crippen molar-refractivity contribution in [2.45, 2.75) is 0 Å². The summed E-state index contributed by atoms with van der Waals surface area (Å²) in [7, 11) is 0. The van der Waals surface area contributed by atoms with Crippen LogP contribution in [0.2, 0.25) is 0 Å². The van der Waals surface area contributed by atoms with Crippen LogP contribution < -0.4 is 0 Å². The number of hydrogen-bond acceptors (Lipinski definition) is 4. The summed E-state index contributed by atoms with van der Waals surface area (Å²) in [5.74, 6) is -0.911. The fourth-order valence-corrected chi connectivity index (χ4v) is 1.44. The second-order valence-corrected chi connectivity index (χ2v) is 3.56. The van der Waals surface area contributed by atoms with Crippen LogP contribution in [0.3, 0.4) is 0 Å². The van der Waals surface area contributed by atoms with E-state index in [1.807, 2.05) is 6.07 Å². The van der Waals surface area contributed by atoms with Crippen LogP contribution in [0.25, 0.3) is 10.8 Å². The van der Waals surface area contributed by atoms with Gasteiger partial charge in [-0.3, -0.25) is 4.98 Å². The molecule has 0 radical (unpaired) electrons. The van der Waals surface area contributed by atoms with Gasteiger partial charge in [-0.2, -0.15) is 0 Å². The molecule has 1 aromatic carbocycles. The number of pyridine rings is 1. The average molecular weight is 257 g/mol. The molecule has 1 aliphatic heterocycles. The summed E-state index contributed by atoms with van der Waals surface area (Å²) < 4.78 is 9.17. The van der Waals surface area contributed by atoms with E-state index in [4.69, 9.17) is 5.11 Å².